The van der Waals surface area contributed by atoms with E-state index in [4.69, 9.17) is 9.15 Å². The summed E-state index contributed by atoms with van der Waals surface area (Å²) in [7, 11) is 0. The Bertz CT molecular complexity index is 813. The summed E-state index contributed by atoms with van der Waals surface area (Å²) >= 11 is 0. The van der Waals surface area contributed by atoms with Gasteiger partial charge in [-0.25, -0.2) is 4.79 Å². The molecule has 0 unspecified atom stereocenters. The molecule has 0 aliphatic rings. The predicted molar refractivity (Wildman–Crippen MR) is 94.9 cm³/mol. The fourth-order valence-electron chi connectivity index (χ4n) is 2.34. The molecule has 6 nitrogen and oxygen atoms in total. The summed E-state index contributed by atoms with van der Waals surface area (Å²) in [6.07, 6.45) is 2.15. The first-order valence-electron chi connectivity index (χ1n) is 8.12. The summed E-state index contributed by atoms with van der Waals surface area (Å²) in [5.41, 5.74) is -0.345. The topological polar surface area (TPSA) is 100 Å². The Kier molecular flexibility index (Phi) is 5.87. The van der Waals surface area contributed by atoms with Gasteiger partial charge in [0.25, 0.3) is 0 Å². The van der Waals surface area contributed by atoms with Crippen LogP contribution in [-0.2, 0) is 0 Å². The van der Waals surface area contributed by atoms with E-state index in [1.54, 1.807) is 19.9 Å². The third-order valence-electron chi connectivity index (χ3n) is 3.98. The molecule has 2 rings (SSSR count). The molecular weight excluding hydrogens is 324 g/mol. The molecular formula is C19H24O6. The SMILES string of the molecule is C/C(=C\COc1cc(O)cc2oc(=O)ccc12)CC[C@H](O)C(C)(C)O. The smallest absolute Gasteiger partial charge is 0.336 e. The molecule has 1 heterocycles. The molecule has 0 fully saturated rings. The summed E-state index contributed by atoms with van der Waals surface area (Å²) in [6, 6.07) is 5.71. The lowest BCUT2D eigenvalue weighted by atomic mass is 9.96. The first-order chi connectivity index (χ1) is 11.7. The molecule has 3 N–H and O–H groups in total. The number of aliphatic hydroxyl groups is 2. The van der Waals surface area contributed by atoms with E-state index in [1.165, 1.54) is 18.2 Å². The van der Waals surface area contributed by atoms with Crippen molar-refractivity contribution in [2.75, 3.05) is 6.61 Å². The number of fused-ring (bicyclic) bond motifs is 1. The number of phenolic OH excluding ortho intramolecular Hbond substituents is 1. The van der Waals surface area contributed by atoms with Crippen LogP contribution in [0.5, 0.6) is 11.5 Å². The van der Waals surface area contributed by atoms with Crippen molar-refractivity contribution in [3.8, 4) is 11.5 Å². The van der Waals surface area contributed by atoms with Gasteiger partial charge in [0, 0.05) is 18.2 Å². The Balaban J connectivity index is 2.01. The second-order valence-corrected chi connectivity index (χ2v) is 6.68. The lowest BCUT2D eigenvalue weighted by Crippen LogP contribution is -2.35. The van der Waals surface area contributed by atoms with Gasteiger partial charge in [0.1, 0.15) is 23.7 Å². The van der Waals surface area contributed by atoms with Crippen molar-refractivity contribution < 1.29 is 24.5 Å². The number of hydrogen-bond acceptors (Lipinski definition) is 6. The maximum Gasteiger partial charge on any atom is 0.336 e. The monoisotopic (exact) mass is 348 g/mol. The van der Waals surface area contributed by atoms with Gasteiger partial charge in [-0.15, -0.1) is 0 Å². The predicted octanol–water partition coefficient (Wildman–Crippen LogP) is 2.74. The maximum absolute atomic E-state index is 11.3. The molecule has 0 saturated carbocycles. The number of phenols is 1. The first-order valence-corrected chi connectivity index (χ1v) is 8.12. The molecule has 0 saturated heterocycles. The first kappa shape index (κ1) is 19.0. The van der Waals surface area contributed by atoms with Crippen LogP contribution in [0.3, 0.4) is 0 Å². The van der Waals surface area contributed by atoms with Crippen LogP contribution in [0.15, 0.2) is 45.1 Å². The second kappa shape index (κ2) is 7.72. The standard InChI is InChI=1S/C19H24O6/c1-12(4-6-17(21)19(2,3)23)8-9-24-15-10-13(20)11-16-14(15)5-7-18(22)25-16/h5,7-8,10-11,17,20-21,23H,4,6,9H2,1-3H3/b12-8+/t17-/m0/s1. The highest BCUT2D eigenvalue weighted by Crippen LogP contribution is 2.29. The Hall–Kier alpha value is -2.31. The average molecular weight is 348 g/mol. The Morgan fingerprint density at radius 1 is 1.36 bits per heavy atom. The number of ether oxygens (including phenoxy) is 1. The molecule has 0 aliphatic carbocycles. The third-order valence-corrected chi connectivity index (χ3v) is 3.98. The number of aromatic hydroxyl groups is 1. The number of benzene rings is 1. The van der Waals surface area contributed by atoms with Crippen molar-refractivity contribution in [2.24, 2.45) is 0 Å². The Labute approximate surface area is 146 Å². The van der Waals surface area contributed by atoms with E-state index in [-0.39, 0.29) is 17.9 Å². The van der Waals surface area contributed by atoms with Crippen molar-refractivity contribution in [3.63, 3.8) is 0 Å². The van der Waals surface area contributed by atoms with Crippen molar-refractivity contribution in [1.82, 2.24) is 0 Å². The number of aliphatic hydroxyl groups excluding tert-OH is 1. The van der Waals surface area contributed by atoms with E-state index in [2.05, 4.69) is 0 Å². The van der Waals surface area contributed by atoms with Crippen LogP contribution in [0.25, 0.3) is 11.0 Å². The van der Waals surface area contributed by atoms with Gasteiger partial charge in [0.2, 0.25) is 0 Å². The van der Waals surface area contributed by atoms with Gasteiger partial charge in [-0.05, 0) is 45.8 Å². The zero-order valence-corrected chi connectivity index (χ0v) is 14.7. The lowest BCUT2D eigenvalue weighted by Gasteiger charge is -2.24. The van der Waals surface area contributed by atoms with Gasteiger partial charge in [-0.3, -0.25) is 0 Å². The molecule has 0 amide bonds. The summed E-state index contributed by atoms with van der Waals surface area (Å²) in [5.74, 6) is 0.366. The van der Waals surface area contributed by atoms with Crippen LogP contribution >= 0.6 is 0 Å². The summed E-state index contributed by atoms with van der Waals surface area (Å²) in [6.45, 7) is 5.33. The molecule has 0 aliphatic heterocycles. The van der Waals surface area contributed by atoms with E-state index in [1.807, 2.05) is 13.0 Å². The molecule has 1 aromatic carbocycles. The van der Waals surface area contributed by atoms with E-state index >= 15 is 0 Å². The van der Waals surface area contributed by atoms with Crippen molar-refractivity contribution in [1.29, 1.82) is 0 Å². The molecule has 0 bridgehead atoms. The molecule has 2 aromatic rings. The normalized spacial score (nSPS) is 13.9. The summed E-state index contributed by atoms with van der Waals surface area (Å²) < 4.78 is 10.7. The largest absolute Gasteiger partial charge is 0.508 e. The van der Waals surface area contributed by atoms with Crippen LogP contribution in [0.1, 0.15) is 33.6 Å². The minimum absolute atomic E-state index is 0.0501. The second-order valence-electron chi connectivity index (χ2n) is 6.68. The fraction of sp³-hybridized carbons (Fsp3) is 0.421. The van der Waals surface area contributed by atoms with Crippen LogP contribution in [0.2, 0.25) is 0 Å². The quantitative estimate of drug-likeness (QED) is 0.525. The van der Waals surface area contributed by atoms with E-state index in [0.29, 0.717) is 24.0 Å². The zero-order valence-electron chi connectivity index (χ0n) is 14.7. The zero-order chi connectivity index (χ0) is 18.6. The van der Waals surface area contributed by atoms with E-state index in [0.717, 1.165) is 5.57 Å². The average Bonchev–Trinajstić information content (AvgIpc) is 2.50. The summed E-state index contributed by atoms with van der Waals surface area (Å²) in [4.78, 5) is 11.3. The van der Waals surface area contributed by atoms with Gasteiger partial charge in [0.15, 0.2) is 0 Å². The van der Waals surface area contributed by atoms with Gasteiger partial charge in [-0.2, -0.15) is 0 Å². The lowest BCUT2D eigenvalue weighted by molar-refractivity contribution is -0.0509. The van der Waals surface area contributed by atoms with Gasteiger partial charge in [0.05, 0.1) is 17.1 Å². The molecule has 6 heteroatoms. The van der Waals surface area contributed by atoms with Crippen LogP contribution in [0, 0.1) is 0 Å². The Morgan fingerprint density at radius 2 is 2.08 bits per heavy atom. The van der Waals surface area contributed by atoms with E-state index < -0.39 is 17.3 Å². The van der Waals surface area contributed by atoms with Crippen LogP contribution < -0.4 is 10.4 Å². The molecule has 136 valence electrons. The number of allylic oxidation sites excluding steroid dienone is 1. The third kappa shape index (κ3) is 5.34. The number of rotatable bonds is 7. The van der Waals surface area contributed by atoms with Crippen molar-refractivity contribution in [2.45, 2.75) is 45.3 Å². The van der Waals surface area contributed by atoms with E-state index in [9.17, 15) is 20.1 Å². The Morgan fingerprint density at radius 3 is 2.76 bits per heavy atom. The van der Waals surface area contributed by atoms with Gasteiger partial charge < -0.3 is 24.5 Å². The molecule has 1 atom stereocenters. The molecule has 25 heavy (non-hydrogen) atoms. The van der Waals surface area contributed by atoms with Crippen molar-refractivity contribution in [3.05, 3.63) is 46.3 Å². The van der Waals surface area contributed by atoms with Gasteiger partial charge >= 0.3 is 5.63 Å². The highest BCUT2D eigenvalue weighted by Gasteiger charge is 2.23. The van der Waals surface area contributed by atoms with Gasteiger partial charge in [-0.1, -0.05) is 5.57 Å². The summed E-state index contributed by atoms with van der Waals surface area (Å²) in [5, 5.41) is 29.9. The molecule has 1 aromatic heterocycles. The minimum atomic E-state index is -1.12. The molecule has 0 spiro atoms. The highest BCUT2D eigenvalue weighted by molar-refractivity contribution is 5.84. The minimum Gasteiger partial charge on any atom is -0.508 e. The molecule has 0 radical (unpaired) electrons. The van der Waals surface area contributed by atoms with Crippen molar-refractivity contribution >= 4 is 11.0 Å². The highest BCUT2D eigenvalue weighted by atomic mass is 16.5. The fourth-order valence-corrected chi connectivity index (χ4v) is 2.34. The number of hydrogen-bond donors (Lipinski definition) is 3. The van der Waals surface area contributed by atoms with Crippen LogP contribution in [-0.4, -0.2) is 33.6 Å². The van der Waals surface area contributed by atoms with Crippen LogP contribution in [0.4, 0.5) is 0 Å². The maximum atomic E-state index is 11.3.